The summed E-state index contributed by atoms with van der Waals surface area (Å²) in [6, 6.07) is 0. The number of methoxy groups -OCH3 is 2. The number of tetrazole rings is 1. The van der Waals surface area contributed by atoms with Crippen LogP contribution in [0.15, 0.2) is 5.16 Å². The van der Waals surface area contributed by atoms with Gasteiger partial charge in [0.15, 0.2) is 6.29 Å². The topological polar surface area (TPSA) is 62.1 Å². The van der Waals surface area contributed by atoms with E-state index in [0.717, 1.165) is 17.3 Å². The SMILES string of the molecule is CC#CCCSc1nnnn1CC(OC)OC. The number of nitrogens with zero attached hydrogens (tertiary/aromatic N) is 4. The summed E-state index contributed by atoms with van der Waals surface area (Å²) in [5.41, 5.74) is 0. The van der Waals surface area contributed by atoms with Crippen LogP contribution in [-0.4, -0.2) is 46.5 Å². The summed E-state index contributed by atoms with van der Waals surface area (Å²) in [7, 11) is 3.17. The summed E-state index contributed by atoms with van der Waals surface area (Å²) in [6.45, 7) is 2.30. The maximum atomic E-state index is 5.10. The van der Waals surface area contributed by atoms with E-state index in [2.05, 4.69) is 27.4 Å². The van der Waals surface area contributed by atoms with Crippen LogP contribution in [-0.2, 0) is 16.0 Å². The molecule has 1 rings (SSSR count). The molecule has 0 bridgehead atoms. The van der Waals surface area contributed by atoms with Gasteiger partial charge in [0.1, 0.15) is 0 Å². The fraction of sp³-hybridized carbons (Fsp3) is 0.700. The average molecular weight is 256 g/mol. The molecule has 0 spiro atoms. The molecule has 0 saturated heterocycles. The average Bonchev–Trinajstić information content (AvgIpc) is 2.79. The van der Waals surface area contributed by atoms with Crippen molar-refractivity contribution < 1.29 is 9.47 Å². The van der Waals surface area contributed by atoms with Crippen LogP contribution in [0.3, 0.4) is 0 Å². The number of aromatic nitrogens is 4. The Morgan fingerprint density at radius 3 is 2.82 bits per heavy atom. The first-order valence-corrected chi connectivity index (χ1v) is 6.14. The summed E-state index contributed by atoms with van der Waals surface area (Å²) in [5, 5.41) is 12.2. The Kier molecular flexibility index (Phi) is 6.62. The van der Waals surface area contributed by atoms with Gasteiger partial charge in [-0.2, -0.15) is 0 Å². The zero-order valence-corrected chi connectivity index (χ0v) is 11.0. The molecule has 1 heterocycles. The lowest BCUT2D eigenvalue weighted by Crippen LogP contribution is -2.21. The Balaban J connectivity index is 2.49. The number of hydrogen-bond acceptors (Lipinski definition) is 6. The van der Waals surface area contributed by atoms with Crippen molar-refractivity contribution in [3.63, 3.8) is 0 Å². The van der Waals surface area contributed by atoms with Gasteiger partial charge < -0.3 is 9.47 Å². The molecular weight excluding hydrogens is 240 g/mol. The van der Waals surface area contributed by atoms with Crippen molar-refractivity contribution in [3.8, 4) is 11.8 Å². The highest BCUT2D eigenvalue weighted by molar-refractivity contribution is 7.99. The molecule has 0 aliphatic rings. The Morgan fingerprint density at radius 2 is 2.18 bits per heavy atom. The molecular formula is C10H16N4O2S. The molecule has 1 aromatic rings. The predicted octanol–water partition coefficient (Wildman–Crippen LogP) is 0.798. The van der Waals surface area contributed by atoms with Crippen LogP contribution in [0.2, 0.25) is 0 Å². The molecule has 94 valence electrons. The summed E-state index contributed by atoms with van der Waals surface area (Å²) in [6.07, 6.45) is 0.486. The Hall–Kier alpha value is -1.10. The van der Waals surface area contributed by atoms with E-state index in [1.54, 1.807) is 30.7 Å². The van der Waals surface area contributed by atoms with E-state index in [1.165, 1.54) is 0 Å². The maximum absolute atomic E-state index is 5.10. The first kappa shape index (κ1) is 14.0. The zero-order chi connectivity index (χ0) is 12.5. The molecule has 0 fully saturated rings. The lowest BCUT2D eigenvalue weighted by atomic mass is 10.5. The number of ether oxygens (including phenoxy) is 2. The maximum Gasteiger partial charge on any atom is 0.209 e. The van der Waals surface area contributed by atoms with Crippen molar-refractivity contribution in [1.82, 2.24) is 20.2 Å². The molecule has 0 unspecified atom stereocenters. The minimum Gasteiger partial charge on any atom is -0.354 e. The quantitative estimate of drug-likeness (QED) is 0.311. The van der Waals surface area contributed by atoms with Gasteiger partial charge in [0.05, 0.1) is 6.54 Å². The molecule has 1 aromatic heterocycles. The third-order valence-corrected chi connectivity index (χ3v) is 2.94. The number of rotatable bonds is 7. The summed E-state index contributed by atoms with van der Waals surface area (Å²) < 4.78 is 11.9. The molecule has 6 nitrogen and oxygen atoms in total. The van der Waals surface area contributed by atoms with Crippen molar-refractivity contribution in [2.75, 3.05) is 20.0 Å². The Bertz CT molecular complexity index is 381. The van der Waals surface area contributed by atoms with Crippen molar-refractivity contribution in [1.29, 1.82) is 0 Å². The number of hydrogen-bond donors (Lipinski definition) is 0. The largest absolute Gasteiger partial charge is 0.354 e. The molecule has 0 radical (unpaired) electrons. The summed E-state index contributed by atoms with van der Waals surface area (Å²) in [4.78, 5) is 0. The highest BCUT2D eigenvalue weighted by atomic mass is 32.2. The minimum atomic E-state index is -0.340. The van der Waals surface area contributed by atoms with Gasteiger partial charge >= 0.3 is 0 Å². The first-order chi connectivity index (χ1) is 8.31. The molecule has 0 aliphatic heterocycles. The van der Waals surface area contributed by atoms with Gasteiger partial charge in [0.2, 0.25) is 5.16 Å². The van der Waals surface area contributed by atoms with Crippen molar-refractivity contribution in [2.45, 2.75) is 31.3 Å². The van der Waals surface area contributed by atoms with Gasteiger partial charge in [-0.1, -0.05) is 11.8 Å². The first-order valence-electron chi connectivity index (χ1n) is 5.16. The molecule has 7 heteroatoms. The normalized spacial score (nSPS) is 10.4. The molecule has 0 amide bonds. The third-order valence-electron chi connectivity index (χ3n) is 1.98. The number of thioether (sulfide) groups is 1. The van der Waals surface area contributed by atoms with Crippen LogP contribution in [0.5, 0.6) is 0 Å². The van der Waals surface area contributed by atoms with E-state index in [9.17, 15) is 0 Å². The third kappa shape index (κ3) is 4.73. The van der Waals surface area contributed by atoms with Gasteiger partial charge in [-0.15, -0.1) is 16.9 Å². The van der Waals surface area contributed by atoms with Gasteiger partial charge in [0, 0.05) is 26.4 Å². The molecule has 0 atom stereocenters. The summed E-state index contributed by atoms with van der Waals surface area (Å²) >= 11 is 1.57. The zero-order valence-electron chi connectivity index (χ0n) is 10.2. The van der Waals surface area contributed by atoms with Crippen LogP contribution in [0, 0.1) is 11.8 Å². The minimum absolute atomic E-state index is 0.340. The second-order valence-corrected chi connectivity index (χ2v) is 4.13. The van der Waals surface area contributed by atoms with Crippen LogP contribution >= 0.6 is 11.8 Å². The molecule has 0 saturated carbocycles. The van der Waals surface area contributed by atoms with Crippen molar-refractivity contribution in [3.05, 3.63) is 0 Å². The fourth-order valence-electron chi connectivity index (χ4n) is 1.12. The van der Waals surface area contributed by atoms with Gasteiger partial charge in [-0.25, -0.2) is 4.68 Å². The Labute approximate surface area is 105 Å². The second kappa shape index (κ2) is 8.06. The standard InChI is InChI=1S/C10H16N4O2S/c1-4-5-6-7-17-10-11-12-13-14(10)8-9(15-2)16-3/h9H,6-8H2,1-3H3. The molecule has 0 N–H and O–H groups in total. The Morgan fingerprint density at radius 1 is 1.41 bits per heavy atom. The lowest BCUT2D eigenvalue weighted by Gasteiger charge is -2.13. The van der Waals surface area contributed by atoms with Crippen LogP contribution < -0.4 is 0 Å². The highest BCUT2D eigenvalue weighted by Gasteiger charge is 2.12. The monoisotopic (exact) mass is 256 g/mol. The molecule has 0 aliphatic carbocycles. The van der Waals surface area contributed by atoms with E-state index in [0.29, 0.717) is 6.54 Å². The fourth-order valence-corrected chi connectivity index (χ4v) is 1.86. The predicted molar refractivity (Wildman–Crippen MR) is 64.4 cm³/mol. The molecule has 0 aromatic carbocycles. The van der Waals surface area contributed by atoms with E-state index in [4.69, 9.17) is 9.47 Å². The van der Waals surface area contributed by atoms with E-state index < -0.39 is 0 Å². The van der Waals surface area contributed by atoms with Crippen molar-refractivity contribution >= 4 is 11.8 Å². The second-order valence-electron chi connectivity index (χ2n) is 3.07. The van der Waals surface area contributed by atoms with Gasteiger partial charge in [-0.3, -0.25) is 0 Å². The van der Waals surface area contributed by atoms with Crippen LogP contribution in [0.4, 0.5) is 0 Å². The van der Waals surface area contributed by atoms with E-state index >= 15 is 0 Å². The van der Waals surface area contributed by atoms with Crippen LogP contribution in [0.1, 0.15) is 13.3 Å². The van der Waals surface area contributed by atoms with E-state index in [1.807, 2.05) is 6.92 Å². The van der Waals surface area contributed by atoms with Crippen LogP contribution in [0.25, 0.3) is 0 Å². The summed E-state index contributed by atoms with van der Waals surface area (Å²) in [5.74, 6) is 6.71. The van der Waals surface area contributed by atoms with E-state index in [-0.39, 0.29) is 6.29 Å². The highest BCUT2D eigenvalue weighted by Crippen LogP contribution is 2.15. The van der Waals surface area contributed by atoms with Gasteiger partial charge in [0.25, 0.3) is 0 Å². The smallest absolute Gasteiger partial charge is 0.209 e. The van der Waals surface area contributed by atoms with Crippen molar-refractivity contribution in [2.24, 2.45) is 0 Å². The lowest BCUT2D eigenvalue weighted by molar-refractivity contribution is -0.113. The van der Waals surface area contributed by atoms with Gasteiger partial charge in [-0.05, 0) is 17.4 Å². The molecule has 17 heavy (non-hydrogen) atoms.